The molecule has 0 bridgehead atoms. The van der Waals surface area contributed by atoms with E-state index in [1.807, 2.05) is 24.3 Å². The summed E-state index contributed by atoms with van der Waals surface area (Å²) in [7, 11) is 0. The van der Waals surface area contributed by atoms with E-state index >= 15 is 0 Å². The summed E-state index contributed by atoms with van der Waals surface area (Å²) in [6, 6.07) is 13.7. The highest BCUT2D eigenvalue weighted by molar-refractivity contribution is 8.00. The predicted octanol–water partition coefficient (Wildman–Crippen LogP) is 2.92. The molecular formula is C18H15N5O4S2. The molecule has 0 spiro atoms. The number of anilines is 1. The van der Waals surface area contributed by atoms with Crippen LogP contribution in [0.25, 0.3) is 10.2 Å². The van der Waals surface area contributed by atoms with Crippen LogP contribution < -0.4 is 10.7 Å². The molecule has 1 atom stereocenters. The van der Waals surface area contributed by atoms with Gasteiger partial charge < -0.3 is 5.32 Å². The SMILES string of the molecule is O=C(CNN1C(=O)CSC1c1cccc([N+](=O)[O-])c1)Nc1nc2ccccc2s1. The summed E-state index contributed by atoms with van der Waals surface area (Å²) in [5.74, 6) is -0.314. The van der Waals surface area contributed by atoms with Crippen molar-refractivity contribution in [2.75, 3.05) is 17.6 Å². The van der Waals surface area contributed by atoms with Gasteiger partial charge in [-0.15, -0.1) is 11.8 Å². The maximum Gasteiger partial charge on any atom is 0.269 e. The molecule has 1 aliphatic heterocycles. The van der Waals surface area contributed by atoms with Gasteiger partial charge in [-0.05, 0) is 17.7 Å². The lowest BCUT2D eigenvalue weighted by atomic mass is 10.2. The number of non-ortho nitro benzene ring substituents is 1. The highest BCUT2D eigenvalue weighted by Crippen LogP contribution is 2.38. The van der Waals surface area contributed by atoms with Crippen LogP contribution in [0, 0.1) is 10.1 Å². The van der Waals surface area contributed by atoms with Gasteiger partial charge in [0.05, 0.1) is 27.4 Å². The van der Waals surface area contributed by atoms with Crippen molar-refractivity contribution in [1.82, 2.24) is 15.4 Å². The average molecular weight is 429 g/mol. The molecule has 11 heteroatoms. The molecule has 9 nitrogen and oxygen atoms in total. The topological polar surface area (TPSA) is 117 Å². The molecule has 1 unspecified atom stereocenters. The summed E-state index contributed by atoms with van der Waals surface area (Å²) in [5.41, 5.74) is 4.22. The van der Waals surface area contributed by atoms with Crippen LogP contribution in [0.3, 0.4) is 0 Å². The predicted molar refractivity (Wildman–Crippen MR) is 111 cm³/mol. The number of rotatable bonds is 6. The number of thiazole rings is 1. The molecule has 2 heterocycles. The van der Waals surface area contributed by atoms with Crippen LogP contribution >= 0.6 is 23.1 Å². The second-order valence-corrected chi connectivity index (χ2v) is 8.25. The van der Waals surface area contributed by atoms with Crippen molar-refractivity contribution in [2.45, 2.75) is 5.37 Å². The third-order valence-electron chi connectivity index (χ3n) is 4.18. The number of hydrazine groups is 1. The number of para-hydroxylation sites is 1. The third-order valence-corrected chi connectivity index (χ3v) is 6.35. The van der Waals surface area contributed by atoms with Gasteiger partial charge in [0, 0.05) is 12.1 Å². The van der Waals surface area contributed by atoms with Gasteiger partial charge in [0.1, 0.15) is 5.37 Å². The minimum atomic E-state index is -0.478. The van der Waals surface area contributed by atoms with E-state index in [-0.39, 0.29) is 29.8 Å². The largest absolute Gasteiger partial charge is 0.301 e. The Kier molecular flexibility index (Phi) is 5.43. The maximum absolute atomic E-state index is 12.3. The van der Waals surface area contributed by atoms with Crippen LogP contribution in [-0.2, 0) is 9.59 Å². The van der Waals surface area contributed by atoms with Crippen LogP contribution in [-0.4, -0.2) is 39.0 Å². The maximum atomic E-state index is 12.3. The van der Waals surface area contributed by atoms with Crippen molar-refractivity contribution < 1.29 is 14.5 Å². The van der Waals surface area contributed by atoms with Crippen LogP contribution in [0.2, 0.25) is 0 Å². The molecule has 0 aliphatic carbocycles. The molecule has 29 heavy (non-hydrogen) atoms. The number of carbonyl (C=O) groups is 2. The highest BCUT2D eigenvalue weighted by atomic mass is 32.2. The van der Waals surface area contributed by atoms with Crippen LogP contribution in [0.1, 0.15) is 10.9 Å². The molecule has 1 aromatic heterocycles. The Hall–Kier alpha value is -3.02. The fraction of sp³-hybridized carbons (Fsp3) is 0.167. The van der Waals surface area contributed by atoms with E-state index in [0.29, 0.717) is 10.7 Å². The zero-order valence-corrected chi connectivity index (χ0v) is 16.5. The quantitative estimate of drug-likeness (QED) is 0.457. The van der Waals surface area contributed by atoms with E-state index in [0.717, 1.165) is 10.2 Å². The number of nitro benzene ring substituents is 1. The molecule has 2 N–H and O–H groups in total. The Bertz CT molecular complexity index is 1070. The van der Waals surface area contributed by atoms with Crippen molar-refractivity contribution >= 4 is 55.9 Å². The van der Waals surface area contributed by atoms with Gasteiger partial charge in [0.15, 0.2) is 5.13 Å². The fourth-order valence-electron chi connectivity index (χ4n) is 2.88. The molecule has 0 radical (unpaired) electrons. The first kappa shape index (κ1) is 19.3. The molecule has 3 aromatic rings. The second-order valence-electron chi connectivity index (χ2n) is 6.15. The molecule has 1 fully saturated rings. The summed E-state index contributed by atoms with van der Waals surface area (Å²) in [6.07, 6.45) is 0. The summed E-state index contributed by atoms with van der Waals surface area (Å²) in [5, 5.41) is 15.1. The van der Waals surface area contributed by atoms with Gasteiger partial charge in [-0.2, -0.15) is 0 Å². The van der Waals surface area contributed by atoms with Crippen molar-refractivity contribution in [3.63, 3.8) is 0 Å². The number of hydrogen-bond acceptors (Lipinski definition) is 8. The molecule has 148 valence electrons. The molecule has 1 saturated heterocycles. The number of nitrogens with one attached hydrogen (secondary N) is 2. The van der Waals surface area contributed by atoms with E-state index in [9.17, 15) is 19.7 Å². The molecule has 2 aromatic carbocycles. The lowest BCUT2D eigenvalue weighted by Gasteiger charge is -2.24. The number of hydrogen-bond donors (Lipinski definition) is 2. The standard InChI is InChI=1S/C18H15N5O4S2/c24-15(21-18-20-13-6-1-2-7-14(13)29-18)9-19-22-16(25)10-28-17(22)11-4-3-5-12(8-11)23(26)27/h1-8,17,19H,9-10H2,(H,20,21,24). The van der Waals surface area contributed by atoms with Crippen LogP contribution in [0.5, 0.6) is 0 Å². The molecule has 2 amide bonds. The first-order valence-corrected chi connectivity index (χ1v) is 10.4. The van der Waals surface area contributed by atoms with Crippen LogP contribution in [0.15, 0.2) is 48.5 Å². The van der Waals surface area contributed by atoms with Crippen molar-refractivity contribution in [3.05, 3.63) is 64.2 Å². The smallest absolute Gasteiger partial charge is 0.269 e. The summed E-state index contributed by atoms with van der Waals surface area (Å²) in [6.45, 7) is -0.131. The second kappa shape index (κ2) is 8.15. The molecular weight excluding hydrogens is 414 g/mol. The number of nitrogens with zero attached hydrogens (tertiary/aromatic N) is 3. The van der Waals surface area contributed by atoms with E-state index in [4.69, 9.17) is 0 Å². The number of amides is 2. The average Bonchev–Trinajstić information content (AvgIpc) is 3.29. The number of aromatic nitrogens is 1. The van der Waals surface area contributed by atoms with Crippen molar-refractivity contribution in [2.24, 2.45) is 0 Å². The number of benzene rings is 2. The summed E-state index contributed by atoms with van der Waals surface area (Å²) >= 11 is 2.71. The van der Waals surface area contributed by atoms with Gasteiger partial charge in [0.25, 0.3) is 5.69 Å². The Morgan fingerprint density at radius 2 is 2.10 bits per heavy atom. The zero-order chi connectivity index (χ0) is 20.4. The normalized spacial score (nSPS) is 16.3. The van der Waals surface area contributed by atoms with Crippen molar-refractivity contribution in [1.29, 1.82) is 0 Å². The van der Waals surface area contributed by atoms with Gasteiger partial charge in [-0.25, -0.2) is 10.4 Å². The van der Waals surface area contributed by atoms with Gasteiger partial charge in [0.2, 0.25) is 11.8 Å². The Labute approximate surface area is 173 Å². The van der Waals surface area contributed by atoms with E-state index in [1.165, 1.54) is 40.2 Å². The fourth-order valence-corrected chi connectivity index (χ4v) is 4.88. The Balaban J connectivity index is 1.41. The van der Waals surface area contributed by atoms with Crippen molar-refractivity contribution in [3.8, 4) is 0 Å². The first-order valence-electron chi connectivity index (χ1n) is 8.58. The van der Waals surface area contributed by atoms with E-state index < -0.39 is 10.3 Å². The molecule has 4 rings (SSSR count). The molecule has 1 aliphatic rings. The minimum Gasteiger partial charge on any atom is -0.301 e. The highest BCUT2D eigenvalue weighted by Gasteiger charge is 2.34. The summed E-state index contributed by atoms with van der Waals surface area (Å²) < 4.78 is 0.965. The van der Waals surface area contributed by atoms with Crippen LogP contribution in [0.4, 0.5) is 10.8 Å². The lowest BCUT2D eigenvalue weighted by molar-refractivity contribution is -0.384. The number of nitro groups is 1. The third kappa shape index (κ3) is 4.21. The van der Waals surface area contributed by atoms with Gasteiger partial charge in [-0.3, -0.25) is 24.7 Å². The minimum absolute atomic E-state index is 0.0454. The number of carbonyl (C=O) groups excluding carboxylic acids is 2. The number of thioether (sulfide) groups is 1. The lowest BCUT2D eigenvalue weighted by Crippen LogP contribution is -2.44. The zero-order valence-electron chi connectivity index (χ0n) is 14.9. The monoisotopic (exact) mass is 429 g/mol. The Morgan fingerprint density at radius 3 is 2.90 bits per heavy atom. The van der Waals surface area contributed by atoms with E-state index in [2.05, 4.69) is 15.7 Å². The van der Waals surface area contributed by atoms with Gasteiger partial charge in [-0.1, -0.05) is 35.6 Å². The number of fused-ring (bicyclic) bond motifs is 1. The summed E-state index contributed by atoms with van der Waals surface area (Å²) in [4.78, 5) is 39.4. The Morgan fingerprint density at radius 1 is 1.28 bits per heavy atom. The van der Waals surface area contributed by atoms with Gasteiger partial charge >= 0.3 is 0 Å². The van der Waals surface area contributed by atoms with E-state index in [1.54, 1.807) is 12.1 Å². The first-order chi connectivity index (χ1) is 14.0. The molecule has 0 saturated carbocycles.